The van der Waals surface area contributed by atoms with Gasteiger partial charge in [-0.05, 0) is 116 Å². The number of unbranched alkanes of at least 4 members (excludes halogenated alkanes) is 30. The molecule has 0 aliphatic rings. The summed E-state index contributed by atoms with van der Waals surface area (Å²) >= 11 is 0. The molecule has 0 aliphatic heterocycles. The molecule has 0 heterocycles. The van der Waals surface area contributed by atoms with Gasteiger partial charge in [0.05, 0.1) is 0 Å². The van der Waals surface area contributed by atoms with E-state index in [2.05, 4.69) is 142 Å². The molecule has 0 fully saturated rings. The van der Waals surface area contributed by atoms with Gasteiger partial charge in [-0.1, -0.05) is 303 Å². The molecule has 0 aromatic carbocycles. The Labute approximate surface area is 501 Å². The van der Waals surface area contributed by atoms with E-state index in [4.69, 9.17) is 14.2 Å². The van der Waals surface area contributed by atoms with Crippen LogP contribution in [0, 0.1) is 0 Å². The predicted molar refractivity (Wildman–Crippen MR) is 353 cm³/mol. The maximum absolute atomic E-state index is 12.9. The van der Waals surface area contributed by atoms with Crippen LogP contribution in [0.2, 0.25) is 0 Å². The summed E-state index contributed by atoms with van der Waals surface area (Å²) < 4.78 is 16.9. The summed E-state index contributed by atoms with van der Waals surface area (Å²) in [7, 11) is 0. The fourth-order valence-electron chi connectivity index (χ4n) is 9.37. The smallest absolute Gasteiger partial charge is 0.306 e. The third-order valence-electron chi connectivity index (χ3n) is 14.5. The average molecular weight is 1120 g/mol. The maximum Gasteiger partial charge on any atom is 0.306 e. The molecule has 0 spiro atoms. The molecule has 0 saturated carbocycles. The Bertz CT molecular complexity index is 1670. The highest BCUT2D eigenvalue weighted by Gasteiger charge is 2.19. The standard InChI is InChI=1S/C75H126O6/c1-4-7-10-13-16-19-22-25-27-29-30-31-32-33-34-35-36-37-38-39-40-41-42-43-44-45-46-47-49-50-53-56-59-62-65-68-74(77)80-71-72(70-79-73(76)67-64-61-58-55-52-24-21-18-15-12-9-6-3)81-75(78)69-66-63-60-57-54-51-48-28-26-23-20-17-14-11-8-5-2/h7,10,16,19,25,27-28,30-31,33-34,36-37,39-40,42-43,45-46,48,72H,4-6,8-9,11-15,17-18,20-24,26,29,32,35,38,41,44,47,49-71H2,1-3H3/b10-7-,19-16-,27-25-,31-30-,34-33-,37-36-,40-39-,43-42-,46-45-,48-28-. The van der Waals surface area contributed by atoms with Gasteiger partial charge in [0.25, 0.3) is 0 Å². The van der Waals surface area contributed by atoms with E-state index in [1.807, 2.05) is 0 Å². The van der Waals surface area contributed by atoms with E-state index >= 15 is 0 Å². The zero-order chi connectivity index (χ0) is 58.5. The van der Waals surface area contributed by atoms with E-state index in [-0.39, 0.29) is 31.1 Å². The topological polar surface area (TPSA) is 78.9 Å². The number of hydrogen-bond donors (Lipinski definition) is 0. The van der Waals surface area contributed by atoms with Crippen LogP contribution in [0.5, 0.6) is 0 Å². The molecule has 0 aromatic rings. The van der Waals surface area contributed by atoms with Crippen LogP contribution in [0.25, 0.3) is 0 Å². The van der Waals surface area contributed by atoms with E-state index in [9.17, 15) is 14.4 Å². The molecule has 1 unspecified atom stereocenters. The van der Waals surface area contributed by atoms with Gasteiger partial charge in [-0.3, -0.25) is 14.4 Å². The second-order valence-electron chi connectivity index (χ2n) is 22.4. The van der Waals surface area contributed by atoms with Crippen molar-refractivity contribution >= 4 is 17.9 Å². The van der Waals surface area contributed by atoms with Gasteiger partial charge in [0.1, 0.15) is 13.2 Å². The second-order valence-corrected chi connectivity index (χ2v) is 22.4. The summed E-state index contributed by atoms with van der Waals surface area (Å²) in [6, 6.07) is 0. The van der Waals surface area contributed by atoms with Crippen LogP contribution < -0.4 is 0 Å². The van der Waals surface area contributed by atoms with Crippen LogP contribution in [0.1, 0.15) is 316 Å². The number of rotatable bonds is 61. The first kappa shape index (κ1) is 76.8. The molecule has 1 atom stereocenters. The lowest BCUT2D eigenvalue weighted by molar-refractivity contribution is -0.167. The number of carbonyl (C=O) groups is 3. The molecule has 81 heavy (non-hydrogen) atoms. The van der Waals surface area contributed by atoms with Gasteiger partial charge >= 0.3 is 17.9 Å². The summed E-state index contributed by atoms with van der Waals surface area (Å²) in [5, 5.41) is 0. The highest BCUT2D eigenvalue weighted by atomic mass is 16.6. The summed E-state index contributed by atoms with van der Waals surface area (Å²) in [5.74, 6) is -0.895. The first-order valence-electron chi connectivity index (χ1n) is 34.0. The van der Waals surface area contributed by atoms with Crippen LogP contribution in [0.15, 0.2) is 122 Å². The molecule has 0 N–H and O–H groups in total. The molecule has 0 rings (SSSR count). The Morgan fingerprint density at radius 1 is 0.259 bits per heavy atom. The van der Waals surface area contributed by atoms with Crippen molar-refractivity contribution in [3.63, 3.8) is 0 Å². The summed E-state index contributed by atoms with van der Waals surface area (Å²) in [4.78, 5) is 38.3. The quantitative estimate of drug-likeness (QED) is 0.0261. The molecular weight excluding hydrogens is 997 g/mol. The fraction of sp³-hybridized carbons (Fsp3) is 0.693. The Morgan fingerprint density at radius 3 is 0.765 bits per heavy atom. The van der Waals surface area contributed by atoms with Crippen LogP contribution in [0.4, 0.5) is 0 Å². The zero-order valence-electron chi connectivity index (χ0n) is 53.0. The molecule has 0 bridgehead atoms. The third-order valence-corrected chi connectivity index (χ3v) is 14.5. The minimum Gasteiger partial charge on any atom is -0.462 e. The van der Waals surface area contributed by atoms with Crippen LogP contribution >= 0.6 is 0 Å². The Hall–Kier alpha value is -4.19. The summed E-state index contributed by atoms with van der Waals surface area (Å²) in [6.07, 6.45) is 95.0. The lowest BCUT2D eigenvalue weighted by Crippen LogP contribution is -2.30. The molecule has 0 aliphatic carbocycles. The van der Waals surface area contributed by atoms with Gasteiger partial charge in [0, 0.05) is 19.3 Å². The van der Waals surface area contributed by atoms with Gasteiger partial charge in [0.2, 0.25) is 0 Å². The second kappa shape index (κ2) is 68.3. The van der Waals surface area contributed by atoms with E-state index in [0.717, 1.165) is 135 Å². The van der Waals surface area contributed by atoms with E-state index in [0.29, 0.717) is 19.3 Å². The Kier molecular flexibility index (Phi) is 64.8. The van der Waals surface area contributed by atoms with Gasteiger partial charge in [-0.25, -0.2) is 0 Å². The van der Waals surface area contributed by atoms with Crippen molar-refractivity contribution in [1.82, 2.24) is 0 Å². The van der Waals surface area contributed by atoms with Gasteiger partial charge in [-0.2, -0.15) is 0 Å². The summed E-state index contributed by atoms with van der Waals surface area (Å²) in [5.41, 5.74) is 0. The Balaban J connectivity index is 4.25. The highest BCUT2D eigenvalue weighted by molar-refractivity contribution is 5.71. The van der Waals surface area contributed by atoms with Crippen LogP contribution in [-0.2, 0) is 28.6 Å². The van der Waals surface area contributed by atoms with Crippen LogP contribution in [-0.4, -0.2) is 37.2 Å². The van der Waals surface area contributed by atoms with Gasteiger partial charge < -0.3 is 14.2 Å². The molecule has 6 nitrogen and oxygen atoms in total. The number of ether oxygens (including phenoxy) is 3. The minimum atomic E-state index is -0.787. The Morgan fingerprint density at radius 2 is 0.481 bits per heavy atom. The maximum atomic E-state index is 12.9. The van der Waals surface area contributed by atoms with Crippen molar-refractivity contribution < 1.29 is 28.6 Å². The minimum absolute atomic E-state index is 0.0828. The first-order valence-corrected chi connectivity index (χ1v) is 34.0. The molecule has 6 heteroatoms. The van der Waals surface area contributed by atoms with Gasteiger partial charge in [-0.15, -0.1) is 0 Å². The average Bonchev–Trinajstić information content (AvgIpc) is 3.47. The number of carbonyl (C=O) groups excluding carboxylic acids is 3. The van der Waals surface area contributed by atoms with Crippen molar-refractivity contribution in [3.8, 4) is 0 Å². The van der Waals surface area contributed by atoms with E-state index in [1.54, 1.807) is 0 Å². The fourth-order valence-corrected chi connectivity index (χ4v) is 9.37. The normalized spacial score (nSPS) is 12.9. The number of hydrogen-bond acceptors (Lipinski definition) is 6. The molecule has 0 saturated heterocycles. The molecule has 462 valence electrons. The van der Waals surface area contributed by atoms with Crippen molar-refractivity contribution in [1.29, 1.82) is 0 Å². The predicted octanol–water partition coefficient (Wildman–Crippen LogP) is 23.6. The van der Waals surface area contributed by atoms with Crippen LogP contribution in [0.3, 0.4) is 0 Å². The molecule has 0 radical (unpaired) electrons. The number of allylic oxidation sites excluding steroid dienone is 20. The number of esters is 3. The van der Waals surface area contributed by atoms with Crippen molar-refractivity contribution in [2.45, 2.75) is 322 Å². The monoisotopic (exact) mass is 1120 g/mol. The van der Waals surface area contributed by atoms with E-state index in [1.165, 1.54) is 141 Å². The lowest BCUT2D eigenvalue weighted by atomic mass is 10.0. The van der Waals surface area contributed by atoms with E-state index < -0.39 is 6.10 Å². The van der Waals surface area contributed by atoms with Gasteiger partial charge in [0.15, 0.2) is 6.10 Å². The zero-order valence-corrected chi connectivity index (χ0v) is 53.0. The molecular formula is C75H126O6. The van der Waals surface area contributed by atoms with Crippen molar-refractivity contribution in [2.24, 2.45) is 0 Å². The largest absolute Gasteiger partial charge is 0.462 e. The molecule has 0 amide bonds. The highest BCUT2D eigenvalue weighted by Crippen LogP contribution is 2.16. The lowest BCUT2D eigenvalue weighted by Gasteiger charge is -2.18. The first-order chi connectivity index (χ1) is 40.0. The van der Waals surface area contributed by atoms with Crippen molar-refractivity contribution in [2.75, 3.05) is 13.2 Å². The molecule has 0 aromatic heterocycles. The third kappa shape index (κ3) is 66.5. The SMILES string of the molecule is CC/C=C\C/C=C\C/C=C\C/C=C\C/C=C\C/C=C\C/C=C\C/C=C\C/C=C\CCCCCCCCCC(=O)OCC(COC(=O)CCCCCCCCCCCCCC)OC(=O)CCCCCCC/C=C\CCCCCCCCC. The van der Waals surface area contributed by atoms with Crippen molar-refractivity contribution in [3.05, 3.63) is 122 Å². The summed E-state index contributed by atoms with van der Waals surface area (Å²) in [6.45, 7) is 6.52.